The van der Waals surface area contributed by atoms with E-state index in [0.717, 1.165) is 47.7 Å². The van der Waals surface area contributed by atoms with Gasteiger partial charge in [-0.05, 0) is 38.0 Å². The molecule has 0 unspecified atom stereocenters. The second kappa shape index (κ2) is 6.57. The lowest BCUT2D eigenvalue weighted by Gasteiger charge is -2.17. The van der Waals surface area contributed by atoms with E-state index in [1.165, 1.54) is 0 Å². The lowest BCUT2D eigenvalue weighted by atomic mass is 9.99. The molecular formula is C18H20N4O2S. The average Bonchev–Trinajstić information content (AvgIpc) is 3.34. The van der Waals surface area contributed by atoms with Crippen LogP contribution in [-0.2, 0) is 12.1 Å². The van der Waals surface area contributed by atoms with Crippen molar-refractivity contribution < 1.29 is 9.26 Å². The molecule has 0 aliphatic heterocycles. The molecule has 0 atom stereocenters. The second-order valence-corrected chi connectivity index (χ2v) is 7.52. The van der Waals surface area contributed by atoms with E-state index in [1.54, 1.807) is 11.3 Å². The maximum Gasteiger partial charge on any atom is 0.258 e. The van der Waals surface area contributed by atoms with Gasteiger partial charge in [0.25, 0.3) is 5.89 Å². The summed E-state index contributed by atoms with van der Waals surface area (Å²) in [5.74, 6) is 1.82. The van der Waals surface area contributed by atoms with Gasteiger partial charge >= 0.3 is 0 Å². The largest absolute Gasteiger partial charge is 0.487 e. The van der Waals surface area contributed by atoms with E-state index in [1.807, 2.05) is 36.6 Å². The SMILES string of the molecule is Cc1nc(COc2cccc(-c3nc(C4(N)CCCC4)no3)c2)cs1. The van der Waals surface area contributed by atoms with Crippen molar-refractivity contribution in [1.29, 1.82) is 0 Å². The Hall–Kier alpha value is -2.25. The minimum absolute atomic E-state index is 0.439. The molecule has 4 rings (SSSR count). The number of aromatic nitrogens is 3. The highest BCUT2D eigenvalue weighted by Gasteiger charge is 2.36. The van der Waals surface area contributed by atoms with E-state index < -0.39 is 5.54 Å². The van der Waals surface area contributed by atoms with E-state index in [2.05, 4.69) is 15.1 Å². The molecule has 0 radical (unpaired) electrons. The van der Waals surface area contributed by atoms with Crippen LogP contribution < -0.4 is 10.5 Å². The van der Waals surface area contributed by atoms with Gasteiger partial charge in [0, 0.05) is 10.9 Å². The zero-order valence-electron chi connectivity index (χ0n) is 14.1. The van der Waals surface area contributed by atoms with Gasteiger partial charge in [-0.25, -0.2) is 4.98 Å². The molecule has 0 saturated heterocycles. The van der Waals surface area contributed by atoms with Crippen LogP contribution in [0.4, 0.5) is 0 Å². The predicted molar refractivity (Wildman–Crippen MR) is 95.3 cm³/mol. The van der Waals surface area contributed by atoms with Gasteiger partial charge in [0.1, 0.15) is 12.4 Å². The van der Waals surface area contributed by atoms with Crippen molar-refractivity contribution in [3.63, 3.8) is 0 Å². The molecule has 0 amide bonds. The molecule has 2 aromatic heterocycles. The van der Waals surface area contributed by atoms with Crippen molar-refractivity contribution >= 4 is 11.3 Å². The summed E-state index contributed by atoms with van der Waals surface area (Å²) in [6, 6.07) is 7.64. The number of nitrogens with two attached hydrogens (primary N) is 1. The molecule has 7 heteroatoms. The molecule has 25 heavy (non-hydrogen) atoms. The quantitative estimate of drug-likeness (QED) is 0.748. The number of aryl methyl sites for hydroxylation is 1. The van der Waals surface area contributed by atoms with Gasteiger partial charge in [0.05, 0.1) is 16.2 Å². The van der Waals surface area contributed by atoms with E-state index in [4.69, 9.17) is 15.0 Å². The number of ether oxygens (including phenoxy) is 1. The molecular weight excluding hydrogens is 336 g/mol. The zero-order chi connectivity index (χ0) is 17.3. The molecule has 1 fully saturated rings. The van der Waals surface area contributed by atoms with Crippen molar-refractivity contribution in [2.45, 2.75) is 44.8 Å². The Labute approximate surface area is 150 Å². The Morgan fingerprint density at radius 1 is 1.28 bits per heavy atom. The summed E-state index contributed by atoms with van der Waals surface area (Å²) in [6.45, 7) is 2.42. The molecule has 0 bridgehead atoms. The van der Waals surface area contributed by atoms with Gasteiger partial charge in [-0.1, -0.05) is 24.1 Å². The average molecular weight is 356 g/mol. The molecule has 2 N–H and O–H groups in total. The summed E-state index contributed by atoms with van der Waals surface area (Å²) in [6.07, 6.45) is 4.03. The van der Waals surface area contributed by atoms with Crippen LogP contribution in [0.1, 0.15) is 42.2 Å². The maximum atomic E-state index is 6.40. The third-order valence-corrected chi connectivity index (χ3v) is 5.32. The van der Waals surface area contributed by atoms with Gasteiger partial charge < -0.3 is 15.0 Å². The van der Waals surface area contributed by atoms with Crippen LogP contribution >= 0.6 is 11.3 Å². The summed E-state index contributed by atoms with van der Waals surface area (Å²) < 4.78 is 11.3. The third-order valence-electron chi connectivity index (χ3n) is 4.50. The Bertz CT molecular complexity index is 867. The fourth-order valence-corrected chi connectivity index (χ4v) is 3.72. The van der Waals surface area contributed by atoms with E-state index >= 15 is 0 Å². The Balaban J connectivity index is 1.50. The highest BCUT2D eigenvalue weighted by molar-refractivity contribution is 7.09. The summed E-state index contributed by atoms with van der Waals surface area (Å²) in [5.41, 5.74) is 7.71. The van der Waals surface area contributed by atoms with Crippen LogP contribution in [0.5, 0.6) is 5.75 Å². The minimum Gasteiger partial charge on any atom is -0.487 e. The lowest BCUT2D eigenvalue weighted by molar-refractivity contribution is 0.302. The summed E-state index contributed by atoms with van der Waals surface area (Å²) in [5, 5.41) is 7.15. The van der Waals surface area contributed by atoms with Gasteiger partial charge in [-0.2, -0.15) is 4.98 Å². The van der Waals surface area contributed by atoms with Gasteiger partial charge in [-0.15, -0.1) is 11.3 Å². The van der Waals surface area contributed by atoms with Crippen LogP contribution in [-0.4, -0.2) is 15.1 Å². The van der Waals surface area contributed by atoms with Crippen LogP contribution in [0.2, 0.25) is 0 Å². The molecule has 3 aromatic rings. The van der Waals surface area contributed by atoms with Crippen molar-refractivity contribution in [2.24, 2.45) is 5.73 Å². The molecule has 1 saturated carbocycles. The number of thiazole rings is 1. The predicted octanol–water partition coefficient (Wildman–Crippen LogP) is 3.81. The summed E-state index contributed by atoms with van der Waals surface area (Å²) in [4.78, 5) is 8.93. The molecule has 1 aliphatic rings. The highest BCUT2D eigenvalue weighted by Crippen LogP contribution is 2.35. The molecule has 6 nitrogen and oxygen atoms in total. The highest BCUT2D eigenvalue weighted by atomic mass is 32.1. The standard InChI is InChI=1S/C18H20N4O2S/c1-12-20-14(11-25-12)10-23-15-6-4-5-13(9-15)16-21-17(22-24-16)18(19)7-2-3-8-18/h4-6,9,11H,2-3,7-8,10,19H2,1H3. The summed E-state index contributed by atoms with van der Waals surface area (Å²) >= 11 is 1.62. The molecule has 130 valence electrons. The van der Waals surface area contributed by atoms with Gasteiger partial charge in [-0.3, -0.25) is 0 Å². The zero-order valence-corrected chi connectivity index (χ0v) is 14.9. The molecule has 1 aromatic carbocycles. The fourth-order valence-electron chi connectivity index (χ4n) is 3.12. The van der Waals surface area contributed by atoms with Crippen LogP contribution in [0.3, 0.4) is 0 Å². The van der Waals surface area contributed by atoms with Gasteiger partial charge in [0.15, 0.2) is 5.82 Å². The first kappa shape index (κ1) is 16.2. The number of hydrogen-bond acceptors (Lipinski definition) is 7. The Kier molecular flexibility index (Phi) is 4.27. The molecule has 0 spiro atoms. The topological polar surface area (TPSA) is 87.1 Å². The monoisotopic (exact) mass is 356 g/mol. The van der Waals surface area contributed by atoms with Crippen molar-refractivity contribution in [3.8, 4) is 17.2 Å². The van der Waals surface area contributed by atoms with Crippen LogP contribution in [0.15, 0.2) is 34.2 Å². The first-order valence-electron chi connectivity index (χ1n) is 8.40. The number of nitrogens with zero attached hydrogens (tertiary/aromatic N) is 3. The second-order valence-electron chi connectivity index (χ2n) is 6.46. The number of benzene rings is 1. The first-order chi connectivity index (χ1) is 12.1. The Morgan fingerprint density at radius 3 is 2.88 bits per heavy atom. The molecule has 1 aliphatic carbocycles. The third kappa shape index (κ3) is 3.43. The van der Waals surface area contributed by atoms with Crippen LogP contribution in [0, 0.1) is 6.92 Å². The smallest absolute Gasteiger partial charge is 0.258 e. The lowest BCUT2D eigenvalue weighted by Crippen LogP contribution is -2.34. The molecule has 2 heterocycles. The van der Waals surface area contributed by atoms with E-state index in [0.29, 0.717) is 18.3 Å². The van der Waals surface area contributed by atoms with Gasteiger partial charge in [0.2, 0.25) is 0 Å². The van der Waals surface area contributed by atoms with Crippen molar-refractivity contribution in [1.82, 2.24) is 15.1 Å². The minimum atomic E-state index is -0.446. The van der Waals surface area contributed by atoms with Crippen molar-refractivity contribution in [2.75, 3.05) is 0 Å². The van der Waals surface area contributed by atoms with Crippen LogP contribution in [0.25, 0.3) is 11.5 Å². The number of rotatable bonds is 5. The normalized spacial score (nSPS) is 16.2. The number of hydrogen-bond donors (Lipinski definition) is 1. The van der Waals surface area contributed by atoms with Crippen molar-refractivity contribution in [3.05, 3.63) is 46.2 Å². The van der Waals surface area contributed by atoms with E-state index in [9.17, 15) is 0 Å². The van der Waals surface area contributed by atoms with E-state index in [-0.39, 0.29) is 0 Å². The summed E-state index contributed by atoms with van der Waals surface area (Å²) in [7, 11) is 0. The fraction of sp³-hybridized carbons (Fsp3) is 0.389. The Morgan fingerprint density at radius 2 is 2.12 bits per heavy atom. The maximum absolute atomic E-state index is 6.40. The first-order valence-corrected chi connectivity index (χ1v) is 9.28.